The van der Waals surface area contributed by atoms with Crippen LogP contribution in [0.5, 0.6) is 0 Å². The Bertz CT molecular complexity index is 1670. The van der Waals surface area contributed by atoms with Crippen LogP contribution in [-0.4, -0.2) is 20.7 Å². The van der Waals surface area contributed by atoms with Gasteiger partial charge in [-0.2, -0.15) is 0 Å². The van der Waals surface area contributed by atoms with E-state index in [1.54, 1.807) is 0 Å². The summed E-state index contributed by atoms with van der Waals surface area (Å²) in [5.41, 5.74) is 6.84. The molecule has 0 N–H and O–H groups in total. The van der Waals surface area contributed by atoms with Crippen molar-refractivity contribution in [3.63, 3.8) is 0 Å². The SMILES string of the molecule is [C-]#[N+]C1=C[C@@]2(C)c3nc(-c4ccnc5ccccc45)nc(-c4cccc(C(C)C)c4)c3CC[C@@H]2[C@@H](C)C1=O. The average molecular weight is 499 g/mol. The van der Waals surface area contributed by atoms with Gasteiger partial charge in [0.05, 0.1) is 23.5 Å². The fraction of sp³-hybridized carbons (Fsp3) is 0.303. The van der Waals surface area contributed by atoms with Crippen molar-refractivity contribution < 1.29 is 4.79 Å². The Hall–Kier alpha value is -4.17. The Kier molecular flexibility index (Phi) is 5.72. The van der Waals surface area contributed by atoms with E-state index in [1.165, 1.54) is 5.56 Å². The molecule has 2 aliphatic rings. The van der Waals surface area contributed by atoms with Gasteiger partial charge in [0, 0.05) is 39.6 Å². The van der Waals surface area contributed by atoms with Crippen LogP contribution in [0.2, 0.25) is 0 Å². The van der Waals surface area contributed by atoms with Gasteiger partial charge in [0.2, 0.25) is 5.70 Å². The molecular weight excluding hydrogens is 468 g/mol. The van der Waals surface area contributed by atoms with Crippen LogP contribution in [0, 0.1) is 18.4 Å². The summed E-state index contributed by atoms with van der Waals surface area (Å²) in [4.78, 5) is 31.6. The van der Waals surface area contributed by atoms with Gasteiger partial charge in [-0.05, 0) is 48.4 Å². The first kappa shape index (κ1) is 24.2. The van der Waals surface area contributed by atoms with Gasteiger partial charge in [0.1, 0.15) is 0 Å². The maximum atomic E-state index is 13.0. The monoisotopic (exact) mass is 498 g/mol. The van der Waals surface area contributed by atoms with Gasteiger partial charge in [-0.25, -0.2) is 14.8 Å². The van der Waals surface area contributed by atoms with Crippen molar-refractivity contribution in [3.05, 3.63) is 101 Å². The van der Waals surface area contributed by atoms with Crippen molar-refractivity contribution in [1.82, 2.24) is 15.0 Å². The largest absolute Gasteiger partial charge is 0.308 e. The molecule has 0 amide bonds. The molecule has 2 aromatic carbocycles. The van der Waals surface area contributed by atoms with Crippen LogP contribution in [0.4, 0.5) is 0 Å². The number of hydrogen-bond donors (Lipinski definition) is 0. The van der Waals surface area contributed by atoms with E-state index in [0.29, 0.717) is 11.7 Å². The Morgan fingerprint density at radius 1 is 1.08 bits per heavy atom. The van der Waals surface area contributed by atoms with E-state index in [1.807, 2.05) is 43.5 Å². The van der Waals surface area contributed by atoms with Crippen molar-refractivity contribution in [1.29, 1.82) is 0 Å². The standard InChI is InChI=1S/C33H30N4O/c1-19(2)21-9-8-10-22(17-21)29-25-13-14-26-20(3)30(38)28(34-5)18-33(26,4)31(25)37-32(36-29)24-15-16-35-27-12-7-6-11-23(24)27/h6-12,15-20,26H,13-14H2,1-4H3/t20-,26-,33-/m1/s1. The topological polar surface area (TPSA) is 60.1 Å². The van der Waals surface area contributed by atoms with E-state index >= 15 is 0 Å². The molecule has 0 unspecified atom stereocenters. The lowest BCUT2D eigenvalue weighted by Gasteiger charge is -2.46. The lowest BCUT2D eigenvalue weighted by atomic mass is 9.58. The van der Waals surface area contributed by atoms with Crippen LogP contribution >= 0.6 is 0 Å². The normalized spacial score (nSPS) is 22.5. The third kappa shape index (κ3) is 3.67. The summed E-state index contributed by atoms with van der Waals surface area (Å²) in [7, 11) is 0. The highest BCUT2D eigenvalue weighted by Gasteiger charge is 2.49. The Labute approximate surface area is 223 Å². The lowest BCUT2D eigenvalue weighted by molar-refractivity contribution is -0.121. The van der Waals surface area contributed by atoms with Crippen LogP contribution in [0.15, 0.2) is 72.6 Å². The van der Waals surface area contributed by atoms with E-state index in [0.717, 1.165) is 51.8 Å². The highest BCUT2D eigenvalue weighted by Crippen LogP contribution is 2.51. The highest BCUT2D eigenvalue weighted by atomic mass is 16.1. The first-order valence-corrected chi connectivity index (χ1v) is 13.3. The van der Waals surface area contributed by atoms with E-state index < -0.39 is 5.41 Å². The maximum absolute atomic E-state index is 13.0. The van der Waals surface area contributed by atoms with Gasteiger partial charge in [0.25, 0.3) is 0 Å². The first-order chi connectivity index (χ1) is 18.3. The molecule has 0 aliphatic heterocycles. The molecule has 38 heavy (non-hydrogen) atoms. The zero-order valence-corrected chi connectivity index (χ0v) is 22.2. The number of benzene rings is 2. The second-order valence-corrected chi connectivity index (χ2v) is 11.1. The van der Waals surface area contributed by atoms with Crippen LogP contribution in [-0.2, 0) is 16.6 Å². The van der Waals surface area contributed by atoms with E-state index in [-0.39, 0.29) is 23.3 Å². The first-order valence-electron chi connectivity index (χ1n) is 13.3. The molecule has 0 spiro atoms. The van der Waals surface area contributed by atoms with Gasteiger partial charge in [0.15, 0.2) is 11.6 Å². The molecule has 3 atom stereocenters. The molecular formula is C33H30N4O. The average Bonchev–Trinajstić information content (AvgIpc) is 2.94. The Balaban J connectivity index is 1.68. The number of hydrogen-bond acceptors (Lipinski definition) is 4. The quantitative estimate of drug-likeness (QED) is 0.278. The molecule has 6 rings (SSSR count). The summed E-state index contributed by atoms with van der Waals surface area (Å²) in [5, 5.41) is 0.999. The van der Waals surface area contributed by atoms with Crippen molar-refractivity contribution >= 4 is 16.7 Å². The summed E-state index contributed by atoms with van der Waals surface area (Å²) in [6.07, 6.45) is 5.35. The predicted molar refractivity (Wildman–Crippen MR) is 150 cm³/mol. The van der Waals surface area contributed by atoms with Crippen molar-refractivity contribution in [2.24, 2.45) is 11.8 Å². The van der Waals surface area contributed by atoms with Crippen LogP contribution < -0.4 is 0 Å². The molecule has 0 saturated carbocycles. The summed E-state index contributed by atoms with van der Waals surface area (Å²) >= 11 is 0. The molecule has 2 aromatic heterocycles. The smallest absolute Gasteiger partial charge is 0.226 e. The van der Waals surface area contributed by atoms with Crippen LogP contribution in [0.1, 0.15) is 56.9 Å². The number of carbonyl (C=O) groups is 1. The number of rotatable bonds is 3. The fourth-order valence-corrected chi connectivity index (χ4v) is 6.44. The second-order valence-electron chi connectivity index (χ2n) is 11.1. The maximum Gasteiger partial charge on any atom is 0.226 e. The minimum Gasteiger partial charge on any atom is -0.308 e. The Morgan fingerprint density at radius 2 is 1.89 bits per heavy atom. The predicted octanol–water partition coefficient (Wildman–Crippen LogP) is 7.32. The summed E-state index contributed by atoms with van der Waals surface area (Å²) < 4.78 is 0. The number of aromatic nitrogens is 3. The summed E-state index contributed by atoms with van der Waals surface area (Å²) in [6.45, 7) is 16.2. The molecule has 2 heterocycles. The number of para-hydroxylation sites is 1. The van der Waals surface area contributed by atoms with Gasteiger partial charge >= 0.3 is 0 Å². The number of allylic oxidation sites excluding steroid dienone is 2. The highest BCUT2D eigenvalue weighted by molar-refractivity contribution is 6.00. The van der Waals surface area contributed by atoms with Crippen LogP contribution in [0.3, 0.4) is 0 Å². The molecule has 0 radical (unpaired) electrons. The number of pyridine rings is 1. The van der Waals surface area contributed by atoms with Crippen molar-refractivity contribution in [2.45, 2.75) is 51.9 Å². The van der Waals surface area contributed by atoms with E-state index in [9.17, 15) is 4.79 Å². The molecule has 188 valence electrons. The second kappa shape index (κ2) is 8.99. The zero-order valence-electron chi connectivity index (χ0n) is 22.2. The summed E-state index contributed by atoms with van der Waals surface area (Å²) in [5.74, 6) is 0.851. The number of Topliss-reactive ketones (excluding diaryl/α,β-unsaturated/α-hetero) is 1. The minimum absolute atomic E-state index is 0.0507. The molecule has 2 aliphatic carbocycles. The molecule has 0 bridgehead atoms. The van der Waals surface area contributed by atoms with Gasteiger partial charge in [-0.1, -0.05) is 70.2 Å². The van der Waals surface area contributed by atoms with Crippen molar-refractivity contribution in [2.75, 3.05) is 0 Å². The minimum atomic E-state index is -0.536. The van der Waals surface area contributed by atoms with Crippen LogP contribution in [0.25, 0.3) is 38.4 Å². The number of ketones is 1. The van der Waals surface area contributed by atoms with Gasteiger partial charge < -0.3 is 4.79 Å². The number of nitrogens with zero attached hydrogens (tertiary/aromatic N) is 4. The van der Waals surface area contributed by atoms with E-state index in [2.05, 4.69) is 60.9 Å². The molecule has 5 heteroatoms. The molecule has 5 nitrogen and oxygen atoms in total. The summed E-state index contributed by atoms with van der Waals surface area (Å²) in [6, 6.07) is 18.7. The Morgan fingerprint density at radius 3 is 2.68 bits per heavy atom. The number of fused-ring (bicyclic) bond motifs is 4. The third-order valence-electron chi connectivity index (χ3n) is 8.54. The third-order valence-corrected chi connectivity index (χ3v) is 8.54. The van der Waals surface area contributed by atoms with Crippen molar-refractivity contribution in [3.8, 4) is 22.6 Å². The fourth-order valence-electron chi connectivity index (χ4n) is 6.44. The number of carbonyl (C=O) groups excluding carboxylic acids is 1. The molecule has 4 aromatic rings. The zero-order chi connectivity index (χ0) is 26.6. The molecule has 0 saturated heterocycles. The van der Waals surface area contributed by atoms with E-state index in [4.69, 9.17) is 16.5 Å². The molecule has 0 fully saturated rings. The van der Waals surface area contributed by atoms with Gasteiger partial charge in [-0.3, -0.25) is 4.98 Å². The lowest BCUT2D eigenvalue weighted by Crippen LogP contribution is -2.46. The van der Waals surface area contributed by atoms with Gasteiger partial charge in [-0.15, -0.1) is 0 Å².